The molecule has 1 rings (SSSR count). The molecule has 0 saturated carbocycles. The maximum atomic E-state index is 5.74. The number of benzene rings is 1. The molecule has 17 heavy (non-hydrogen) atoms. The summed E-state index contributed by atoms with van der Waals surface area (Å²) in [6, 6.07) is 6.59. The predicted molar refractivity (Wildman–Crippen MR) is 70.6 cm³/mol. The molecule has 0 aromatic heterocycles. The molecule has 3 heteroatoms. The molecule has 0 radical (unpaired) electrons. The quantitative estimate of drug-likeness (QED) is 0.740. The molecule has 0 aliphatic heterocycles. The van der Waals surface area contributed by atoms with E-state index in [0.717, 1.165) is 12.3 Å². The second-order valence-electron chi connectivity index (χ2n) is 4.16. The highest BCUT2D eigenvalue weighted by molar-refractivity contribution is 5.38. The highest BCUT2D eigenvalue weighted by atomic mass is 16.5. The van der Waals surface area contributed by atoms with Crippen LogP contribution in [0.15, 0.2) is 18.2 Å². The molecule has 3 nitrogen and oxygen atoms in total. The van der Waals surface area contributed by atoms with Gasteiger partial charge in [-0.1, -0.05) is 24.6 Å². The van der Waals surface area contributed by atoms with Crippen LogP contribution in [0, 0.1) is 6.92 Å². The fourth-order valence-electron chi connectivity index (χ4n) is 1.79. The molecule has 0 bridgehead atoms. The number of nitrogens with one attached hydrogen (secondary N) is 1. The van der Waals surface area contributed by atoms with Crippen molar-refractivity contribution in [1.29, 1.82) is 0 Å². The number of hydrogen-bond acceptors (Lipinski definition) is 3. The van der Waals surface area contributed by atoms with E-state index < -0.39 is 0 Å². The molecule has 1 aromatic carbocycles. The minimum atomic E-state index is 0.303. The topological polar surface area (TPSA) is 30.5 Å². The van der Waals surface area contributed by atoms with E-state index in [-0.39, 0.29) is 0 Å². The van der Waals surface area contributed by atoms with E-state index in [4.69, 9.17) is 9.47 Å². The first-order valence-electron chi connectivity index (χ1n) is 6.14. The van der Waals surface area contributed by atoms with Crippen LogP contribution in [0.5, 0.6) is 5.75 Å². The summed E-state index contributed by atoms with van der Waals surface area (Å²) in [5.41, 5.74) is 2.46. The van der Waals surface area contributed by atoms with Gasteiger partial charge in [0.05, 0.1) is 6.61 Å². The van der Waals surface area contributed by atoms with Crippen molar-refractivity contribution in [2.45, 2.75) is 26.8 Å². The third-order valence-corrected chi connectivity index (χ3v) is 2.69. The molecule has 0 aliphatic rings. The van der Waals surface area contributed by atoms with E-state index in [2.05, 4.69) is 38.2 Å². The van der Waals surface area contributed by atoms with E-state index in [1.165, 1.54) is 11.1 Å². The third-order valence-electron chi connectivity index (χ3n) is 2.69. The zero-order valence-electron chi connectivity index (χ0n) is 11.2. The second-order valence-corrected chi connectivity index (χ2v) is 4.16. The molecule has 96 valence electrons. The minimum absolute atomic E-state index is 0.303. The number of methoxy groups -OCH3 is 1. The van der Waals surface area contributed by atoms with Gasteiger partial charge in [-0.05, 0) is 26.5 Å². The van der Waals surface area contributed by atoms with Gasteiger partial charge in [-0.15, -0.1) is 0 Å². The maximum Gasteiger partial charge on any atom is 0.124 e. The molecule has 1 unspecified atom stereocenters. The minimum Gasteiger partial charge on any atom is -0.491 e. The Bertz CT molecular complexity index is 339. The molecular weight excluding hydrogens is 214 g/mol. The SMILES string of the molecule is CCNC(C)c1cc(C)ccc1OCCOC. The van der Waals surface area contributed by atoms with Crippen LogP contribution < -0.4 is 10.1 Å². The van der Waals surface area contributed by atoms with Crippen LogP contribution >= 0.6 is 0 Å². The van der Waals surface area contributed by atoms with E-state index in [1.807, 2.05) is 6.07 Å². The van der Waals surface area contributed by atoms with Crippen molar-refractivity contribution < 1.29 is 9.47 Å². The predicted octanol–water partition coefficient (Wildman–Crippen LogP) is 2.69. The first-order chi connectivity index (χ1) is 8.19. The molecule has 0 fully saturated rings. The lowest BCUT2D eigenvalue weighted by molar-refractivity contribution is 0.145. The first kappa shape index (κ1) is 14.0. The van der Waals surface area contributed by atoms with Gasteiger partial charge in [0.15, 0.2) is 0 Å². The van der Waals surface area contributed by atoms with Crippen LogP contribution in [0.2, 0.25) is 0 Å². The van der Waals surface area contributed by atoms with Crippen molar-refractivity contribution >= 4 is 0 Å². The fraction of sp³-hybridized carbons (Fsp3) is 0.571. The Morgan fingerprint density at radius 2 is 2.06 bits per heavy atom. The average molecular weight is 237 g/mol. The summed E-state index contributed by atoms with van der Waals surface area (Å²) in [5.74, 6) is 0.945. The summed E-state index contributed by atoms with van der Waals surface area (Å²) in [6.07, 6.45) is 0. The van der Waals surface area contributed by atoms with Gasteiger partial charge in [-0.3, -0.25) is 0 Å². The van der Waals surface area contributed by atoms with Gasteiger partial charge in [0, 0.05) is 18.7 Å². The van der Waals surface area contributed by atoms with Gasteiger partial charge in [-0.25, -0.2) is 0 Å². The smallest absolute Gasteiger partial charge is 0.124 e. The molecule has 1 aromatic rings. The highest BCUT2D eigenvalue weighted by Crippen LogP contribution is 2.26. The molecule has 0 saturated heterocycles. The number of aryl methyl sites for hydroxylation is 1. The monoisotopic (exact) mass is 237 g/mol. The van der Waals surface area contributed by atoms with Crippen molar-refractivity contribution in [3.8, 4) is 5.75 Å². The lowest BCUT2D eigenvalue weighted by atomic mass is 10.0. The molecule has 0 heterocycles. The summed E-state index contributed by atoms with van der Waals surface area (Å²) in [7, 11) is 1.68. The highest BCUT2D eigenvalue weighted by Gasteiger charge is 2.10. The van der Waals surface area contributed by atoms with Gasteiger partial charge < -0.3 is 14.8 Å². The van der Waals surface area contributed by atoms with Gasteiger partial charge >= 0.3 is 0 Å². The van der Waals surface area contributed by atoms with Crippen LogP contribution in [0.25, 0.3) is 0 Å². The van der Waals surface area contributed by atoms with E-state index in [9.17, 15) is 0 Å². The Labute approximate surface area is 104 Å². The average Bonchev–Trinajstić information content (AvgIpc) is 2.31. The molecule has 0 amide bonds. The van der Waals surface area contributed by atoms with E-state index in [1.54, 1.807) is 7.11 Å². The largest absolute Gasteiger partial charge is 0.491 e. The zero-order valence-corrected chi connectivity index (χ0v) is 11.2. The van der Waals surface area contributed by atoms with Gasteiger partial charge in [-0.2, -0.15) is 0 Å². The van der Waals surface area contributed by atoms with Gasteiger partial charge in [0.25, 0.3) is 0 Å². The van der Waals surface area contributed by atoms with Crippen LogP contribution in [0.1, 0.15) is 31.0 Å². The van der Waals surface area contributed by atoms with Gasteiger partial charge in [0.2, 0.25) is 0 Å². The molecule has 0 spiro atoms. The Morgan fingerprint density at radius 1 is 1.29 bits per heavy atom. The summed E-state index contributed by atoms with van der Waals surface area (Å²) < 4.78 is 10.7. The standard InChI is InChI=1S/C14H23NO2/c1-5-15-12(3)13-10-11(2)6-7-14(13)17-9-8-16-4/h6-7,10,12,15H,5,8-9H2,1-4H3. The van der Waals surface area contributed by atoms with E-state index >= 15 is 0 Å². The van der Waals surface area contributed by atoms with Crippen molar-refractivity contribution in [3.05, 3.63) is 29.3 Å². The Morgan fingerprint density at radius 3 is 2.71 bits per heavy atom. The molecule has 0 aliphatic carbocycles. The lowest BCUT2D eigenvalue weighted by Crippen LogP contribution is -2.19. The number of rotatable bonds is 7. The number of ether oxygens (including phenoxy) is 2. The Balaban J connectivity index is 2.79. The van der Waals surface area contributed by atoms with Crippen LogP contribution in [-0.2, 0) is 4.74 Å². The molecule has 1 atom stereocenters. The second kappa shape index (κ2) is 7.30. The summed E-state index contributed by atoms with van der Waals surface area (Å²) in [5, 5.41) is 3.41. The summed E-state index contributed by atoms with van der Waals surface area (Å²) in [6.45, 7) is 8.52. The van der Waals surface area contributed by atoms with Crippen LogP contribution in [0.4, 0.5) is 0 Å². The van der Waals surface area contributed by atoms with Crippen molar-refractivity contribution in [1.82, 2.24) is 5.32 Å². The zero-order chi connectivity index (χ0) is 12.7. The molecular formula is C14H23NO2. The maximum absolute atomic E-state index is 5.74. The normalized spacial score (nSPS) is 12.5. The molecule has 1 N–H and O–H groups in total. The first-order valence-corrected chi connectivity index (χ1v) is 6.14. The Kier molecular flexibility index (Phi) is 6.01. The third kappa shape index (κ3) is 4.36. The van der Waals surface area contributed by atoms with Gasteiger partial charge in [0.1, 0.15) is 12.4 Å². The number of hydrogen-bond donors (Lipinski definition) is 1. The Hall–Kier alpha value is -1.06. The van der Waals surface area contributed by atoms with E-state index in [0.29, 0.717) is 19.3 Å². The fourth-order valence-corrected chi connectivity index (χ4v) is 1.79. The lowest BCUT2D eigenvalue weighted by Gasteiger charge is -2.18. The summed E-state index contributed by atoms with van der Waals surface area (Å²) >= 11 is 0. The van der Waals surface area contributed by atoms with Crippen molar-refractivity contribution in [2.75, 3.05) is 26.9 Å². The van der Waals surface area contributed by atoms with Crippen molar-refractivity contribution in [2.24, 2.45) is 0 Å². The summed E-state index contributed by atoms with van der Waals surface area (Å²) in [4.78, 5) is 0. The van der Waals surface area contributed by atoms with Crippen LogP contribution in [-0.4, -0.2) is 26.9 Å². The van der Waals surface area contributed by atoms with Crippen molar-refractivity contribution in [3.63, 3.8) is 0 Å². The van der Waals surface area contributed by atoms with Crippen LogP contribution in [0.3, 0.4) is 0 Å².